The topological polar surface area (TPSA) is 57.6 Å². The zero-order chi connectivity index (χ0) is 14.5. The normalized spacial score (nSPS) is 21.9. The number of nitrogens with zero attached hydrogens (tertiary/aromatic N) is 1. The number of carbonyl (C=O) groups excluding carboxylic acids is 1. The molecule has 1 amide bonds. The third kappa shape index (κ3) is 3.60. The molecule has 1 aliphatic rings. The third-order valence-corrected chi connectivity index (χ3v) is 4.62. The van der Waals surface area contributed by atoms with Crippen molar-refractivity contribution >= 4 is 23.2 Å². The van der Waals surface area contributed by atoms with Crippen LogP contribution in [0.3, 0.4) is 0 Å². The lowest BCUT2D eigenvalue weighted by atomic mass is 10.0. The Morgan fingerprint density at radius 1 is 1.40 bits per heavy atom. The van der Waals surface area contributed by atoms with E-state index in [4.69, 9.17) is 5.11 Å². The number of hydrogen-bond donors (Lipinski definition) is 1. The number of carbonyl (C=O) groups is 2. The predicted molar refractivity (Wildman–Crippen MR) is 78.5 cm³/mol. The Balaban J connectivity index is 1.98. The van der Waals surface area contributed by atoms with E-state index in [9.17, 15) is 9.59 Å². The van der Waals surface area contributed by atoms with E-state index in [1.807, 2.05) is 16.3 Å². The molecule has 0 aromatic carbocycles. The summed E-state index contributed by atoms with van der Waals surface area (Å²) in [5, 5.41) is 13.1. The van der Waals surface area contributed by atoms with Crippen molar-refractivity contribution in [3.05, 3.63) is 22.4 Å². The van der Waals surface area contributed by atoms with Crippen LogP contribution < -0.4 is 0 Å². The largest absolute Gasteiger partial charge is 0.481 e. The van der Waals surface area contributed by atoms with Gasteiger partial charge in [-0.3, -0.25) is 9.59 Å². The highest BCUT2D eigenvalue weighted by atomic mass is 32.1. The predicted octanol–water partition coefficient (Wildman–Crippen LogP) is 2.99. The van der Waals surface area contributed by atoms with Gasteiger partial charge >= 0.3 is 5.97 Å². The number of rotatable bonds is 6. The Hall–Kier alpha value is -1.36. The Bertz CT molecular complexity index is 458. The molecule has 1 aromatic heterocycles. The van der Waals surface area contributed by atoms with Crippen molar-refractivity contribution in [3.8, 4) is 0 Å². The summed E-state index contributed by atoms with van der Waals surface area (Å²) in [6, 6.07) is 2.04. The maximum atomic E-state index is 12.6. The van der Waals surface area contributed by atoms with E-state index >= 15 is 0 Å². The number of amides is 1. The van der Waals surface area contributed by atoms with Gasteiger partial charge in [0.25, 0.3) is 0 Å². The summed E-state index contributed by atoms with van der Waals surface area (Å²) in [7, 11) is 0. The monoisotopic (exact) mass is 295 g/mol. The molecule has 20 heavy (non-hydrogen) atoms. The fourth-order valence-electron chi connectivity index (χ4n) is 2.83. The van der Waals surface area contributed by atoms with Crippen LogP contribution in [0.4, 0.5) is 0 Å². The van der Waals surface area contributed by atoms with Crippen LogP contribution in [0.5, 0.6) is 0 Å². The highest BCUT2D eigenvalue weighted by molar-refractivity contribution is 7.07. The van der Waals surface area contributed by atoms with Gasteiger partial charge in [0, 0.05) is 19.0 Å². The molecule has 0 aliphatic heterocycles. The summed E-state index contributed by atoms with van der Waals surface area (Å²) < 4.78 is 0. The quantitative estimate of drug-likeness (QED) is 0.877. The van der Waals surface area contributed by atoms with E-state index in [2.05, 4.69) is 12.3 Å². The van der Waals surface area contributed by atoms with Gasteiger partial charge in [0.2, 0.25) is 5.91 Å². The lowest BCUT2D eigenvalue weighted by molar-refractivity contribution is -0.141. The van der Waals surface area contributed by atoms with Crippen LogP contribution in [-0.4, -0.2) is 28.4 Å². The Labute approximate surface area is 123 Å². The van der Waals surface area contributed by atoms with Gasteiger partial charge in [-0.05, 0) is 48.1 Å². The minimum Gasteiger partial charge on any atom is -0.481 e. The van der Waals surface area contributed by atoms with Crippen molar-refractivity contribution in [2.75, 3.05) is 6.54 Å². The first-order chi connectivity index (χ1) is 9.61. The number of carboxylic acids is 1. The Kier molecular flexibility index (Phi) is 5.17. The molecule has 1 heterocycles. The van der Waals surface area contributed by atoms with Crippen LogP contribution in [0.25, 0.3) is 0 Å². The Morgan fingerprint density at radius 2 is 2.15 bits per heavy atom. The molecule has 1 fully saturated rings. The van der Waals surface area contributed by atoms with Gasteiger partial charge in [-0.15, -0.1) is 0 Å². The standard InChI is InChI=1S/C15H21NO3S/c1-2-6-16(9-11-5-7-20-10-11)14(17)12-3-4-13(8-12)15(18)19/h5,7,10,12-13H,2-4,6,8-9H2,1H3,(H,18,19)/t12-,13+/m1/s1. The zero-order valence-electron chi connectivity index (χ0n) is 11.7. The molecule has 0 unspecified atom stereocenters. The van der Waals surface area contributed by atoms with Crippen LogP contribution in [0, 0.1) is 11.8 Å². The van der Waals surface area contributed by atoms with Gasteiger partial charge in [-0.1, -0.05) is 6.92 Å². The minimum absolute atomic E-state index is 0.110. The molecular formula is C15H21NO3S. The van der Waals surface area contributed by atoms with E-state index < -0.39 is 5.97 Å². The van der Waals surface area contributed by atoms with Crippen LogP contribution in [0.1, 0.15) is 38.2 Å². The third-order valence-electron chi connectivity index (χ3n) is 3.89. The van der Waals surface area contributed by atoms with Gasteiger partial charge in [0.05, 0.1) is 5.92 Å². The van der Waals surface area contributed by atoms with E-state index in [0.717, 1.165) is 18.5 Å². The van der Waals surface area contributed by atoms with Crippen molar-refractivity contribution in [1.82, 2.24) is 4.90 Å². The summed E-state index contributed by atoms with van der Waals surface area (Å²) in [5.41, 5.74) is 1.16. The SMILES string of the molecule is CCCN(Cc1ccsc1)C(=O)[C@@H]1CC[C@H](C(=O)O)C1. The first kappa shape index (κ1) is 15.0. The van der Waals surface area contributed by atoms with Crippen molar-refractivity contribution in [3.63, 3.8) is 0 Å². The lowest BCUT2D eigenvalue weighted by Crippen LogP contribution is -2.35. The maximum absolute atomic E-state index is 12.6. The molecule has 4 nitrogen and oxygen atoms in total. The summed E-state index contributed by atoms with van der Waals surface area (Å²) in [6.07, 6.45) is 2.76. The number of aliphatic carboxylic acids is 1. The average Bonchev–Trinajstić information content (AvgIpc) is 3.08. The van der Waals surface area contributed by atoms with Crippen molar-refractivity contribution in [1.29, 1.82) is 0 Å². The van der Waals surface area contributed by atoms with Crippen molar-refractivity contribution < 1.29 is 14.7 Å². The number of hydrogen-bond acceptors (Lipinski definition) is 3. The van der Waals surface area contributed by atoms with E-state index in [1.54, 1.807) is 11.3 Å². The second kappa shape index (κ2) is 6.88. The summed E-state index contributed by atoms with van der Waals surface area (Å²) in [4.78, 5) is 25.5. The molecule has 2 rings (SSSR count). The zero-order valence-corrected chi connectivity index (χ0v) is 12.6. The highest BCUT2D eigenvalue weighted by Gasteiger charge is 2.35. The van der Waals surface area contributed by atoms with Crippen molar-refractivity contribution in [2.45, 2.75) is 39.2 Å². The molecule has 0 radical (unpaired) electrons. The van der Waals surface area contributed by atoms with Crippen LogP contribution in [-0.2, 0) is 16.1 Å². The van der Waals surface area contributed by atoms with Gasteiger partial charge in [0.15, 0.2) is 0 Å². The second-order valence-corrected chi connectivity index (χ2v) is 6.22. The highest BCUT2D eigenvalue weighted by Crippen LogP contribution is 2.32. The second-order valence-electron chi connectivity index (χ2n) is 5.44. The van der Waals surface area contributed by atoms with Crippen LogP contribution in [0.2, 0.25) is 0 Å². The fraction of sp³-hybridized carbons (Fsp3) is 0.600. The molecule has 0 bridgehead atoms. The van der Waals surface area contributed by atoms with Crippen molar-refractivity contribution in [2.24, 2.45) is 11.8 Å². The van der Waals surface area contributed by atoms with E-state index in [1.165, 1.54) is 0 Å². The molecule has 110 valence electrons. The van der Waals surface area contributed by atoms with E-state index in [-0.39, 0.29) is 17.7 Å². The molecule has 1 N–H and O–H groups in total. The first-order valence-corrected chi connectivity index (χ1v) is 8.08. The minimum atomic E-state index is -0.764. The average molecular weight is 295 g/mol. The molecule has 1 saturated carbocycles. The summed E-state index contributed by atoms with van der Waals surface area (Å²) >= 11 is 1.63. The summed E-state index contributed by atoms with van der Waals surface area (Å²) in [5.74, 6) is -1.09. The van der Waals surface area contributed by atoms with Crippen LogP contribution >= 0.6 is 11.3 Å². The number of carboxylic acid groups (broad SMARTS) is 1. The molecule has 5 heteroatoms. The van der Waals surface area contributed by atoms with Gasteiger partial charge in [0.1, 0.15) is 0 Å². The van der Waals surface area contributed by atoms with Gasteiger partial charge in [-0.25, -0.2) is 0 Å². The Morgan fingerprint density at radius 3 is 2.70 bits per heavy atom. The molecular weight excluding hydrogens is 274 g/mol. The lowest BCUT2D eigenvalue weighted by Gasteiger charge is -2.25. The fourth-order valence-corrected chi connectivity index (χ4v) is 3.49. The van der Waals surface area contributed by atoms with Gasteiger partial charge < -0.3 is 10.0 Å². The smallest absolute Gasteiger partial charge is 0.306 e. The summed E-state index contributed by atoms with van der Waals surface area (Å²) in [6.45, 7) is 3.44. The van der Waals surface area contributed by atoms with Gasteiger partial charge in [-0.2, -0.15) is 11.3 Å². The molecule has 1 aliphatic carbocycles. The van der Waals surface area contributed by atoms with Crippen LogP contribution in [0.15, 0.2) is 16.8 Å². The number of thiophene rings is 1. The first-order valence-electron chi connectivity index (χ1n) is 7.14. The molecule has 0 saturated heterocycles. The van der Waals surface area contributed by atoms with E-state index in [0.29, 0.717) is 25.8 Å². The molecule has 2 atom stereocenters. The maximum Gasteiger partial charge on any atom is 0.306 e. The molecule has 1 aromatic rings. The molecule has 0 spiro atoms.